The van der Waals surface area contributed by atoms with Gasteiger partial charge in [-0.05, 0) is 18.2 Å². The monoisotopic (exact) mass is 419 g/mol. The smallest absolute Gasteiger partial charge is 0.387 e. The van der Waals surface area contributed by atoms with Gasteiger partial charge in [0.1, 0.15) is 11.3 Å². The summed E-state index contributed by atoms with van der Waals surface area (Å²) in [5.74, 6) is 0.559. The lowest BCUT2D eigenvalue weighted by Gasteiger charge is -2.09. The van der Waals surface area contributed by atoms with Crippen LogP contribution in [0.5, 0.6) is 5.75 Å². The highest BCUT2D eigenvalue weighted by atomic mass is 19.3. The van der Waals surface area contributed by atoms with E-state index in [1.54, 1.807) is 16.8 Å². The van der Waals surface area contributed by atoms with E-state index in [0.29, 0.717) is 34.7 Å². The molecular formula is C21H15F2N7O. The number of nitrogens with zero attached hydrogens (tertiary/aromatic N) is 6. The molecule has 0 bridgehead atoms. The Bertz CT molecular complexity index is 1360. The van der Waals surface area contributed by atoms with Crippen LogP contribution in [0.25, 0.3) is 27.9 Å². The number of pyridine rings is 2. The number of alkyl halides is 2. The van der Waals surface area contributed by atoms with Crippen LogP contribution in [0.15, 0.2) is 67.0 Å². The zero-order valence-electron chi connectivity index (χ0n) is 16.0. The van der Waals surface area contributed by atoms with Gasteiger partial charge < -0.3 is 10.1 Å². The highest BCUT2D eigenvalue weighted by Gasteiger charge is 2.12. The van der Waals surface area contributed by atoms with Crippen LogP contribution in [0.1, 0.15) is 5.82 Å². The summed E-state index contributed by atoms with van der Waals surface area (Å²) in [5, 5.41) is 16.3. The molecule has 0 radical (unpaired) electrons. The second kappa shape index (κ2) is 7.90. The van der Waals surface area contributed by atoms with Crippen molar-refractivity contribution in [3.63, 3.8) is 0 Å². The fourth-order valence-corrected chi connectivity index (χ4v) is 3.20. The average molecular weight is 419 g/mol. The van der Waals surface area contributed by atoms with Crippen LogP contribution < -0.4 is 10.1 Å². The summed E-state index contributed by atoms with van der Waals surface area (Å²) >= 11 is 0. The van der Waals surface area contributed by atoms with Gasteiger partial charge in [-0.2, -0.15) is 18.4 Å². The summed E-state index contributed by atoms with van der Waals surface area (Å²) in [6, 6.07) is 16.7. The second-order valence-electron chi connectivity index (χ2n) is 6.60. The summed E-state index contributed by atoms with van der Waals surface area (Å²) in [6.07, 6.45) is 2.80. The molecule has 0 fully saturated rings. The third-order valence-electron chi connectivity index (χ3n) is 4.61. The number of hydrogen-bond donors (Lipinski definition) is 1. The van der Waals surface area contributed by atoms with E-state index in [2.05, 4.69) is 35.3 Å². The van der Waals surface area contributed by atoms with Crippen molar-refractivity contribution in [3.8, 4) is 17.0 Å². The molecule has 10 heteroatoms. The van der Waals surface area contributed by atoms with Gasteiger partial charge in [-0.3, -0.25) is 4.98 Å². The highest BCUT2D eigenvalue weighted by molar-refractivity contribution is 5.87. The Balaban J connectivity index is 1.42. The van der Waals surface area contributed by atoms with Gasteiger partial charge in [0.2, 0.25) is 0 Å². The first-order valence-electron chi connectivity index (χ1n) is 9.37. The topological polar surface area (TPSA) is 90.1 Å². The van der Waals surface area contributed by atoms with E-state index in [-0.39, 0.29) is 5.75 Å². The SMILES string of the molecule is FC(F)Oc1cnc2c(NCc3nnc4ccc(-c5ccccc5)nn34)ccnc2c1. The molecule has 0 aliphatic rings. The van der Waals surface area contributed by atoms with Gasteiger partial charge >= 0.3 is 6.61 Å². The minimum absolute atomic E-state index is 0.0479. The molecule has 0 unspecified atom stereocenters. The predicted octanol–water partition coefficient (Wildman–Crippen LogP) is 3.95. The van der Waals surface area contributed by atoms with E-state index in [9.17, 15) is 8.78 Å². The van der Waals surface area contributed by atoms with Crippen molar-refractivity contribution in [3.05, 3.63) is 72.8 Å². The minimum atomic E-state index is -2.92. The molecule has 4 heterocycles. The standard InChI is InChI=1S/C21H15F2N7O/c22-21(23)31-14-10-17-20(26-11-14)16(8-9-24-17)25-12-19-28-27-18-7-6-15(29-30(18)19)13-4-2-1-3-5-13/h1-11,21H,12H2,(H,24,25). The first-order chi connectivity index (χ1) is 15.2. The summed E-state index contributed by atoms with van der Waals surface area (Å²) in [5.41, 5.74) is 4.04. The van der Waals surface area contributed by atoms with Crippen molar-refractivity contribution in [2.45, 2.75) is 13.2 Å². The largest absolute Gasteiger partial charge is 0.433 e. The Hall–Kier alpha value is -4.21. The Morgan fingerprint density at radius 2 is 1.87 bits per heavy atom. The van der Waals surface area contributed by atoms with Crippen LogP contribution in [-0.2, 0) is 6.54 Å². The minimum Gasteiger partial charge on any atom is -0.433 e. The number of benzene rings is 1. The summed E-state index contributed by atoms with van der Waals surface area (Å²) in [4.78, 5) is 8.39. The van der Waals surface area contributed by atoms with E-state index in [4.69, 9.17) is 0 Å². The molecule has 0 aliphatic carbocycles. The third kappa shape index (κ3) is 3.82. The molecule has 1 N–H and O–H groups in total. The molecule has 0 saturated heterocycles. The van der Waals surface area contributed by atoms with Crippen LogP contribution in [-0.4, -0.2) is 36.4 Å². The first-order valence-corrected chi connectivity index (χ1v) is 9.37. The molecule has 0 spiro atoms. The summed E-state index contributed by atoms with van der Waals surface area (Å²) in [6.45, 7) is -2.60. The Morgan fingerprint density at radius 3 is 2.71 bits per heavy atom. The third-order valence-corrected chi connectivity index (χ3v) is 4.61. The van der Waals surface area contributed by atoms with Crippen LogP contribution >= 0.6 is 0 Å². The van der Waals surface area contributed by atoms with Crippen molar-refractivity contribution in [1.29, 1.82) is 0 Å². The molecular weight excluding hydrogens is 404 g/mol. The number of hydrogen-bond acceptors (Lipinski definition) is 7. The van der Waals surface area contributed by atoms with Crippen molar-refractivity contribution < 1.29 is 13.5 Å². The molecule has 0 atom stereocenters. The molecule has 0 amide bonds. The zero-order valence-corrected chi connectivity index (χ0v) is 16.0. The Morgan fingerprint density at radius 1 is 1.00 bits per heavy atom. The average Bonchev–Trinajstić information content (AvgIpc) is 3.20. The fraction of sp³-hybridized carbons (Fsp3) is 0.0952. The first kappa shape index (κ1) is 18.8. The van der Waals surface area contributed by atoms with Gasteiger partial charge in [0, 0.05) is 17.8 Å². The Labute approximate surface area is 174 Å². The lowest BCUT2D eigenvalue weighted by atomic mass is 10.1. The summed E-state index contributed by atoms with van der Waals surface area (Å²) < 4.78 is 30.9. The van der Waals surface area contributed by atoms with Gasteiger partial charge in [0.15, 0.2) is 11.5 Å². The number of ether oxygens (including phenoxy) is 1. The number of rotatable bonds is 6. The maximum absolute atomic E-state index is 12.4. The molecule has 0 saturated carbocycles. The molecule has 154 valence electrons. The number of nitrogens with one attached hydrogen (secondary N) is 1. The van der Waals surface area contributed by atoms with E-state index in [1.807, 2.05) is 42.5 Å². The molecule has 5 rings (SSSR count). The van der Waals surface area contributed by atoms with Gasteiger partial charge in [-0.15, -0.1) is 10.2 Å². The van der Waals surface area contributed by atoms with Crippen LogP contribution in [0, 0.1) is 0 Å². The number of fused-ring (bicyclic) bond motifs is 2. The molecule has 1 aromatic carbocycles. The van der Waals surface area contributed by atoms with Crippen molar-refractivity contribution >= 4 is 22.4 Å². The predicted molar refractivity (Wildman–Crippen MR) is 110 cm³/mol. The van der Waals surface area contributed by atoms with Gasteiger partial charge in [0.05, 0.1) is 29.6 Å². The van der Waals surface area contributed by atoms with E-state index in [1.165, 1.54) is 12.3 Å². The summed E-state index contributed by atoms with van der Waals surface area (Å²) in [7, 11) is 0. The van der Waals surface area contributed by atoms with Gasteiger partial charge in [-0.25, -0.2) is 4.98 Å². The molecule has 0 aliphatic heterocycles. The van der Waals surface area contributed by atoms with E-state index < -0.39 is 6.61 Å². The number of anilines is 1. The Kier molecular flexibility index (Phi) is 4.79. The van der Waals surface area contributed by atoms with Crippen molar-refractivity contribution in [1.82, 2.24) is 29.8 Å². The number of halogens is 2. The molecule has 8 nitrogen and oxygen atoms in total. The quantitative estimate of drug-likeness (QED) is 0.446. The second-order valence-corrected chi connectivity index (χ2v) is 6.60. The van der Waals surface area contributed by atoms with E-state index in [0.717, 1.165) is 11.3 Å². The fourth-order valence-electron chi connectivity index (χ4n) is 3.20. The lowest BCUT2D eigenvalue weighted by Crippen LogP contribution is -2.07. The lowest BCUT2D eigenvalue weighted by molar-refractivity contribution is -0.0499. The molecule has 4 aromatic heterocycles. The maximum Gasteiger partial charge on any atom is 0.387 e. The number of aromatic nitrogens is 6. The van der Waals surface area contributed by atoms with Crippen LogP contribution in [0.4, 0.5) is 14.5 Å². The van der Waals surface area contributed by atoms with Crippen LogP contribution in [0.2, 0.25) is 0 Å². The van der Waals surface area contributed by atoms with Gasteiger partial charge in [-0.1, -0.05) is 30.3 Å². The normalized spacial score (nSPS) is 11.3. The van der Waals surface area contributed by atoms with Gasteiger partial charge in [0.25, 0.3) is 0 Å². The maximum atomic E-state index is 12.4. The van der Waals surface area contributed by atoms with Crippen LogP contribution in [0.3, 0.4) is 0 Å². The highest BCUT2D eigenvalue weighted by Crippen LogP contribution is 2.24. The zero-order chi connectivity index (χ0) is 21.2. The van der Waals surface area contributed by atoms with Crippen molar-refractivity contribution in [2.75, 3.05) is 5.32 Å². The van der Waals surface area contributed by atoms with Crippen molar-refractivity contribution in [2.24, 2.45) is 0 Å². The molecule has 5 aromatic rings. The van der Waals surface area contributed by atoms with E-state index >= 15 is 0 Å². The molecule has 31 heavy (non-hydrogen) atoms.